The van der Waals surface area contributed by atoms with Gasteiger partial charge in [-0.05, 0) is 22.8 Å². The maximum Gasteiger partial charge on any atom is 0.300 e. The van der Waals surface area contributed by atoms with E-state index in [1.165, 1.54) is 0 Å². The van der Waals surface area contributed by atoms with Crippen LogP contribution in [0.15, 0.2) is 83.8 Å². The van der Waals surface area contributed by atoms with E-state index < -0.39 is 10.1 Å². The Morgan fingerprint density at radius 1 is 0.696 bits per heavy atom. The van der Waals surface area contributed by atoms with Crippen molar-refractivity contribution >= 4 is 19.6 Å². The van der Waals surface area contributed by atoms with Crippen molar-refractivity contribution in [3.63, 3.8) is 0 Å². The van der Waals surface area contributed by atoms with Crippen molar-refractivity contribution in [2.45, 2.75) is 4.90 Å². The fourth-order valence-electron chi connectivity index (χ4n) is 2.55. The van der Waals surface area contributed by atoms with Gasteiger partial charge in [0.1, 0.15) is 4.90 Å². The van der Waals surface area contributed by atoms with Gasteiger partial charge in [-0.2, -0.15) is 8.42 Å². The second-order valence-corrected chi connectivity index (χ2v) is 7.08. The van der Waals surface area contributed by atoms with Gasteiger partial charge in [0, 0.05) is 15.0 Å². The maximum atomic E-state index is 12.3. The second-order valence-electron chi connectivity index (χ2n) is 4.96. The summed E-state index contributed by atoms with van der Waals surface area (Å²) < 4.78 is 29.3. The molecule has 3 aromatic rings. The van der Waals surface area contributed by atoms with Crippen molar-refractivity contribution in [2.24, 2.45) is 0 Å². The summed E-state index contributed by atoms with van der Waals surface area (Å²) in [6.07, 6.45) is 0. The largest absolute Gasteiger partial charge is 0.300 e. The zero-order chi connectivity index (χ0) is 16.3. The van der Waals surface area contributed by atoms with E-state index in [2.05, 4.69) is 3.97 Å². The second kappa shape index (κ2) is 6.63. The Balaban J connectivity index is 2.36. The zero-order valence-electron chi connectivity index (χ0n) is 12.2. The quantitative estimate of drug-likeness (QED) is 0.655. The van der Waals surface area contributed by atoms with Crippen LogP contribution >= 0.6 is 9.47 Å². The van der Waals surface area contributed by atoms with Crippen molar-refractivity contribution in [3.05, 3.63) is 78.9 Å². The highest BCUT2D eigenvalue weighted by atomic mass is 32.2. The maximum absolute atomic E-state index is 12.3. The van der Waals surface area contributed by atoms with Gasteiger partial charge in [-0.3, -0.25) is 3.97 Å². The van der Waals surface area contributed by atoms with Crippen molar-refractivity contribution in [1.82, 2.24) is 0 Å². The molecule has 23 heavy (non-hydrogen) atoms. The number of hydrogen-bond acceptors (Lipinski definition) is 3. The van der Waals surface area contributed by atoms with Crippen molar-refractivity contribution < 1.29 is 12.4 Å². The Labute approximate surface area is 138 Å². The minimum absolute atomic E-state index is 0.153. The fraction of sp³-hybridized carbons (Fsp3) is 0. The van der Waals surface area contributed by atoms with Crippen LogP contribution < -0.4 is 0 Å². The molecule has 0 aromatic heterocycles. The monoisotopic (exact) mass is 342 g/mol. The highest BCUT2D eigenvalue weighted by Gasteiger charge is 2.22. The summed E-state index contributed by atoms with van der Waals surface area (Å²) >= 11 is 0. The van der Waals surface area contributed by atoms with Crippen LogP contribution in [0.3, 0.4) is 0 Å². The molecule has 0 saturated heterocycles. The van der Waals surface area contributed by atoms with Crippen molar-refractivity contribution in [1.29, 1.82) is 0 Å². The molecule has 3 nitrogen and oxygen atoms in total. The summed E-state index contributed by atoms with van der Waals surface area (Å²) in [5.41, 5.74) is 3.27. The molecule has 1 unspecified atom stereocenters. The van der Waals surface area contributed by atoms with E-state index in [-0.39, 0.29) is 4.90 Å². The minimum Gasteiger partial charge on any atom is -0.251 e. The molecule has 0 aliphatic carbocycles. The molecule has 1 atom stereocenters. The van der Waals surface area contributed by atoms with Gasteiger partial charge in [0.25, 0.3) is 10.1 Å². The Hall–Kier alpha value is -2.00. The first-order valence-electron chi connectivity index (χ1n) is 7.01. The van der Waals surface area contributed by atoms with Gasteiger partial charge < -0.3 is 0 Å². The Morgan fingerprint density at radius 2 is 1.26 bits per heavy atom. The molecule has 0 amide bonds. The van der Waals surface area contributed by atoms with E-state index in [9.17, 15) is 8.42 Å². The van der Waals surface area contributed by atoms with Gasteiger partial charge in [-0.15, -0.1) is 0 Å². The van der Waals surface area contributed by atoms with Crippen LogP contribution in [0.1, 0.15) is 0 Å². The molecule has 3 aromatic carbocycles. The normalized spacial score (nSPS) is 11.3. The van der Waals surface area contributed by atoms with Gasteiger partial charge >= 0.3 is 0 Å². The molecular formula is C18H15O3PS. The molecule has 0 saturated carbocycles. The molecular weight excluding hydrogens is 327 g/mol. The third-order valence-electron chi connectivity index (χ3n) is 3.57. The van der Waals surface area contributed by atoms with Crippen molar-refractivity contribution in [2.75, 3.05) is 0 Å². The van der Waals surface area contributed by atoms with E-state index in [1.54, 1.807) is 12.1 Å². The third-order valence-corrected chi connectivity index (χ3v) is 5.46. The zero-order valence-corrected chi connectivity index (χ0v) is 14.2. The number of rotatable bonds is 4. The SMILES string of the molecule is O=S(=O)(OP)c1cccc(-c2ccccc2)c1-c1ccccc1. The standard InChI is InChI=1S/C18H15O3PS/c19-23(20,21-22)17-13-7-12-16(14-8-3-1-4-9-14)18(17)15-10-5-2-6-11-15/h1-13H,22H2. The van der Waals surface area contributed by atoms with Crippen LogP contribution in [0.4, 0.5) is 0 Å². The van der Waals surface area contributed by atoms with Crippen LogP contribution in [0.2, 0.25) is 0 Å². The molecule has 0 bridgehead atoms. The molecule has 3 rings (SSSR count). The first-order chi connectivity index (χ1) is 11.1. The molecule has 5 heteroatoms. The molecule has 0 fully saturated rings. The number of benzene rings is 3. The molecule has 116 valence electrons. The Morgan fingerprint density at radius 3 is 1.83 bits per heavy atom. The lowest BCUT2D eigenvalue weighted by Gasteiger charge is -2.15. The molecule has 0 radical (unpaired) electrons. The fourth-order valence-corrected chi connectivity index (χ4v) is 3.69. The summed E-state index contributed by atoms with van der Waals surface area (Å²) in [4.78, 5) is 0.153. The van der Waals surface area contributed by atoms with Gasteiger partial charge in [0.15, 0.2) is 0 Å². The average Bonchev–Trinajstić information content (AvgIpc) is 2.62. The highest BCUT2D eigenvalue weighted by Crippen LogP contribution is 2.37. The van der Waals surface area contributed by atoms with E-state index in [0.717, 1.165) is 16.7 Å². The average molecular weight is 342 g/mol. The van der Waals surface area contributed by atoms with Gasteiger partial charge in [-0.25, -0.2) is 0 Å². The van der Waals surface area contributed by atoms with Crippen molar-refractivity contribution in [3.8, 4) is 22.3 Å². The predicted molar refractivity (Wildman–Crippen MR) is 95.3 cm³/mol. The molecule has 0 aliphatic rings. The summed E-state index contributed by atoms with van der Waals surface area (Å²) in [5.74, 6) is 0. The first-order valence-corrected chi connectivity index (χ1v) is 8.88. The van der Waals surface area contributed by atoms with Gasteiger partial charge in [0.05, 0.1) is 0 Å². The summed E-state index contributed by atoms with van der Waals surface area (Å²) in [6, 6.07) is 24.4. The third kappa shape index (κ3) is 3.20. The summed E-state index contributed by atoms with van der Waals surface area (Å²) in [5, 5.41) is 0. The van der Waals surface area contributed by atoms with Crippen LogP contribution in [0, 0.1) is 0 Å². The first kappa shape index (κ1) is 15.9. The topological polar surface area (TPSA) is 43.4 Å². The van der Waals surface area contributed by atoms with E-state index in [0.29, 0.717) is 5.56 Å². The molecule has 0 aliphatic heterocycles. The smallest absolute Gasteiger partial charge is 0.251 e. The Bertz CT molecular complexity index is 908. The van der Waals surface area contributed by atoms with E-state index in [4.69, 9.17) is 0 Å². The van der Waals surface area contributed by atoms with Crippen LogP contribution in [0.5, 0.6) is 0 Å². The van der Waals surface area contributed by atoms with Gasteiger partial charge in [0.2, 0.25) is 0 Å². The van der Waals surface area contributed by atoms with Crippen LogP contribution in [-0.2, 0) is 14.1 Å². The van der Waals surface area contributed by atoms with Gasteiger partial charge in [-0.1, -0.05) is 72.8 Å². The van der Waals surface area contributed by atoms with E-state index >= 15 is 0 Å². The highest BCUT2D eigenvalue weighted by molar-refractivity contribution is 7.89. The summed E-state index contributed by atoms with van der Waals surface area (Å²) in [7, 11) is -2.03. The van der Waals surface area contributed by atoms with Crippen LogP contribution in [-0.4, -0.2) is 8.42 Å². The van der Waals surface area contributed by atoms with Crippen LogP contribution in [0.25, 0.3) is 22.3 Å². The lowest BCUT2D eigenvalue weighted by molar-refractivity contribution is 0.518. The summed E-state index contributed by atoms with van der Waals surface area (Å²) in [6.45, 7) is 0. The number of hydrogen-bond donors (Lipinski definition) is 0. The lowest BCUT2D eigenvalue weighted by Crippen LogP contribution is -2.03. The minimum atomic E-state index is -3.84. The lowest BCUT2D eigenvalue weighted by atomic mass is 9.94. The Kier molecular flexibility index (Phi) is 4.58. The van der Waals surface area contributed by atoms with E-state index in [1.807, 2.05) is 76.2 Å². The molecule has 0 spiro atoms. The molecule has 0 N–H and O–H groups in total. The predicted octanol–water partition coefficient (Wildman–Crippen LogP) is 4.52. The molecule has 0 heterocycles.